The second-order valence-corrected chi connectivity index (χ2v) is 8.36. The molecule has 1 N–H and O–H groups in total. The Hall–Kier alpha value is -2.42. The summed E-state index contributed by atoms with van der Waals surface area (Å²) in [5.74, 6) is 0.000473. The third-order valence-corrected chi connectivity index (χ3v) is 5.98. The SMILES string of the molecule is Cc1c(OCC(F)(F)F)ccnc1[SH](C)(=O)c1nc2ccccc2[nH]1. The second kappa shape index (κ2) is 6.14. The highest BCUT2D eigenvalue weighted by Gasteiger charge is 2.30. The molecule has 134 valence electrons. The van der Waals surface area contributed by atoms with Crippen molar-refractivity contribution in [1.29, 1.82) is 0 Å². The predicted octanol–water partition coefficient (Wildman–Crippen LogP) is 3.27. The Balaban J connectivity index is 2.01. The minimum atomic E-state index is -4.45. The number of ether oxygens (including phenoxy) is 1. The van der Waals surface area contributed by atoms with Crippen molar-refractivity contribution in [2.24, 2.45) is 0 Å². The lowest BCUT2D eigenvalue weighted by atomic mass is 10.3. The summed E-state index contributed by atoms with van der Waals surface area (Å²) in [6, 6.07) is 8.53. The van der Waals surface area contributed by atoms with E-state index in [1.54, 1.807) is 12.1 Å². The van der Waals surface area contributed by atoms with Crippen LogP contribution in [0.4, 0.5) is 13.2 Å². The molecule has 0 saturated carbocycles. The number of halogens is 3. The summed E-state index contributed by atoms with van der Waals surface area (Å²) in [5, 5.41) is 0.420. The van der Waals surface area contributed by atoms with E-state index < -0.39 is 22.7 Å². The maximum Gasteiger partial charge on any atom is 0.422 e. The van der Waals surface area contributed by atoms with Crippen LogP contribution in [0.1, 0.15) is 5.56 Å². The number of imidazole rings is 1. The zero-order valence-electron chi connectivity index (χ0n) is 13.5. The highest BCUT2D eigenvalue weighted by atomic mass is 32.2. The van der Waals surface area contributed by atoms with Gasteiger partial charge in [0, 0.05) is 18.0 Å². The lowest BCUT2D eigenvalue weighted by Gasteiger charge is -2.19. The van der Waals surface area contributed by atoms with Gasteiger partial charge in [0.25, 0.3) is 0 Å². The average Bonchev–Trinajstić information content (AvgIpc) is 2.98. The van der Waals surface area contributed by atoms with Gasteiger partial charge >= 0.3 is 6.18 Å². The van der Waals surface area contributed by atoms with Gasteiger partial charge in [-0.3, -0.25) is 4.21 Å². The van der Waals surface area contributed by atoms with Gasteiger partial charge in [0.1, 0.15) is 10.8 Å². The number of alkyl halides is 3. The van der Waals surface area contributed by atoms with Crippen molar-refractivity contribution in [2.45, 2.75) is 23.3 Å². The van der Waals surface area contributed by atoms with E-state index in [2.05, 4.69) is 15.0 Å². The zero-order chi connectivity index (χ0) is 18.2. The lowest BCUT2D eigenvalue weighted by molar-refractivity contribution is -0.153. The van der Waals surface area contributed by atoms with Crippen molar-refractivity contribution in [2.75, 3.05) is 12.9 Å². The number of nitrogens with one attached hydrogen (secondary N) is 1. The van der Waals surface area contributed by atoms with Crippen molar-refractivity contribution < 1.29 is 22.1 Å². The monoisotopic (exact) mass is 371 g/mol. The molecule has 2 aromatic heterocycles. The number of hydrogen-bond donors (Lipinski definition) is 2. The second-order valence-electron chi connectivity index (χ2n) is 5.66. The Morgan fingerprint density at radius 2 is 1.96 bits per heavy atom. The van der Waals surface area contributed by atoms with E-state index in [0.717, 1.165) is 5.52 Å². The number of aromatic amines is 1. The number of hydrogen-bond acceptors (Lipinski definition) is 4. The van der Waals surface area contributed by atoms with Gasteiger partial charge in [0.05, 0.1) is 11.0 Å². The van der Waals surface area contributed by atoms with Gasteiger partial charge in [0.2, 0.25) is 0 Å². The Labute approximate surface area is 142 Å². The molecular weight excluding hydrogens is 355 g/mol. The largest absolute Gasteiger partial charge is 0.484 e. The summed E-state index contributed by atoms with van der Waals surface area (Å²) in [5.41, 5.74) is 1.68. The molecule has 0 bridgehead atoms. The summed E-state index contributed by atoms with van der Waals surface area (Å²) >= 11 is 0. The molecule has 0 atom stereocenters. The molecule has 0 spiro atoms. The first-order chi connectivity index (χ1) is 11.7. The molecule has 25 heavy (non-hydrogen) atoms. The predicted molar refractivity (Wildman–Crippen MR) is 88.6 cm³/mol. The van der Waals surface area contributed by atoms with Crippen molar-refractivity contribution in [1.82, 2.24) is 15.0 Å². The highest BCUT2D eigenvalue weighted by Crippen LogP contribution is 2.31. The normalized spacial score (nSPS) is 13.2. The van der Waals surface area contributed by atoms with Crippen LogP contribution in [-0.4, -0.2) is 38.2 Å². The minimum Gasteiger partial charge on any atom is -0.484 e. The van der Waals surface area contributed by atoms with E-state index in [1.807, 2.05) is 12.1 Å². The van der Waals surface area contributed by atoms with E-state index in [-0.39, 0.29) is 15.9 Å². The van der Waals surface area contributed by atoms with E-state index in [4.69, 9.17) is 4.74 Å². The number of rotatable bonds is 4. The fourth-order valence-corrected chi connectivity index (χ4v) is 4.37. The summed E-state index contributed by atoms with van der Waals surface area (Å²) in [7, 11) is -3.24. The number of nitrogens with zero attached hydrogens (tertiary/aromatic N) is 2. The summed E-state index contributed by atoms with van der Waals surface area (Å²) in [6.45, 7) is 0.114. The van der Waals surface area contributed by atoms with Gasteiger partial charge < -0.3 is 9.72 Å². The molecule has 0 unspecified atom stereocenters. The van der Waals surface area contributed by atoms with Crippen LogP contribution in [-0.2, 0) is 9.93 Å². The fraction of sp³-hybridized carbons (Fsp3) is 0.250. The van der Waals surface area contributed by atoms with Crippen LogP contribution in [0.15, 0.2) is 46.7 Å². The number of fused-ring (bicyclic) bond motifs is 1. The number of H-pyrrole nitrogens is 1. The van der Waals surface area contributed by atoms with Gasteiger partial charge in [-0.2, -0.15) is 13.2 Å². The summed E-state index contributed by atoms with van der Waals surface area (Å²) < 4.78 is 55.3. The van der Waals surface area contributed by atoms with Gasteiger partial charge in [-0.05, 0) is 35.1 Å². The molecule has 0 aliphatic rings. The van der Waals surface area contributed by atoms with Gasteiger partial charge in [-0.1, -0.05) is 12.1 Å². The molecule has 1 aromatic carbocycles. The van der Waals surface area contributed by atoms with E-state index in [1.165, 1.54) is 25.4 Å². The van der Waals surface area contributed by atoms with Gasteiger partial charge in [0.15, 0.2) is 11.8 Å². The Bertz CT molecular complexity index is 936. The van der Waals surface area contributed by atoms with Crippen molar-refractivity contribution in [3.63, 3.8) is 0 Å². The molecule has 0 radical (unpaired) electrons. The standard InChI is InChI=1S/C16H16F3N3O2S/c1-10-13(24-9-16(17,18)19)7-8-20-14(10)25(2,23)15-21-11-5-3-4-6-12(11)22-15/h3-8,25H,9H2,1-2H3,(H,21,22). The van der Waals surface area contributed by atoms with Crippen LogP contribution in [0.2, 0.25) is 0 Å². The number of thiol groups is 1. The van der Waals surface area contributed by atoms with Crippen LogP contribution in [0, 0.1) is 6.92 Å². The Morgan fingerprint density at radius 3 is 2.64 bits per heavy atom. The summed E-state index contributed by atoms with van der Waals surface area (Å²) in [4.78, 5) is 11.5. The molecule has 0 saturated heterocycles. The van der Waals surface area contributed by atoms with E-state index in [9.17, 15) is 17.4 Å². The first-order valence-corrected chi connectivity index (χ1v) is 9.52. The molecule has 0 fully saturated rings. The minimum absolute atomic E-state index is 0.000473. The fourth-order valence-electron chi connectivity index (χ4n) is 2.50. The topological polar surface area (TPSA) is 67.9 Å². The van der Waals surface area contributed by atoms with E-state index in [0.29, 0.717) is 11.1 Å². The molecular formula is C16H16F3N3O2S. The molecule has 2 heterocycles. The van der Waals surface area contributed by atoms with Crippen LogP contribution >= 0.6 is 0 Å². The van der Waals surface area contributed by atoms with Crippen LogP contribution < -0.4 is 4.74 Å². The Kier molecular flexibility index (Phi) is 4.28. The zero-order valence-corrected chi connectivity index (χ0v) is 14.4. The summed E-state index contributed by atoms with van der Waals surface area (Å²) in [6.07, 6.45) is -1.69. The smallest absolute Gasteiger partial charge is 0.422 e. The van der Waals surface area contributed by atoms with Gasteiger partial charge in [-0.25, -0.2) is 9.97 Å². The molecule has 0 aliphatic carbocycles. The number of pyridine rings is 1. The van der Waals surface area contributed by atoms with Crippen molar-refractivity contribution in [3.05, 3.63) is 42.1 Å². The molecule has 3 aromatic rings. The first kappa shape index (κ1) is 17.4. The number of benzene rings is 1. The molecule has 3 rings (SSSR count). The quantitative estimate of drug-likeness (QED) is 0.691. The first-order valence-electron chi connectivity index (χ1n) is 7.37. The maximum atomic E-state index is 13.3. The third kappa shape index (κ3) is 3.51. The van der Waals surface area contributed by atoms with Crippen molar-refractivity contribution in [3.8, 4) is 5.75 Å². The molecule has 5 nitrogen and oxygen atoms in total. The Morgan fingerprint density at radius 1 is 1.24 bits per heavy atom. The third-order valence-electron chi connectivity index (χ3n) is 3.70. The molecule has 0 aliphatic heterocycles. The van der Waals surface area contributed by atoms with Crippen molar-refractivity contribution >= 4 is 21.0 Å². The van der Waals surface area contributed by atoms with Crippen LogP contribution in [0.3, 0.4) is 0 Å². The maximum absolute atomic E-state index is 13.3. The van der Waals surface area contributed by atoms with Gasteiger partial charge in [-0.15, -0.1) is 0 Å². The van der Waals surface area contributed by atoms with E-state index >= 15 is 0 Å². The number of para-hydroxylation sites is 2. The van der Waals surface area contributed by atoms with Crippen LogP contribution in [0.5, 0.6) is 5.75 Å². The van der Waals surface area contributed by atoms with Crippen LogP contribution in [0.25, 0.3) is 11.0 Å². The average molecular weight is 371 g/mol. The highest BCUT2D eigenvalue weighted by molar-refractivity contribution is 8.02. The molecule has 9 heteroatoms. The molecule has 0 amide bonds. The lowest BCUT2D eigenvalue weighted by Crippen LogP contribution is -2.21. The number of aromatic nitrogens is 3.